The van der Waals surface area contributed by atoms with Crippen molar-refractivity contribution in [3.63, 3.8) is 0 Å². The number of aromatic nitrogens is 1. The molecule has 1 aromatic heterocycles. The highest BCUT2D eigenvalue weighted by Gasteiger charge is 2.24. The molecule has 1 saturated heterocycles. The van der Waals surface area contributed by atoms with Crippen LogP contribution in [0.15, 0.2) is 18.3 Å². The van der Waals surface area contributed by atoms with Gasteiger partial charge in [-0.05, 0) is 50.3 Å². The maximum absolute atomic E-state index is 9.47. The van der Waals surface area contributed by atoms with Gasteiger partial charge in [0.25, 0.3) is 0 Å². The smallest absolute Gasteiger partial charge is 0.376 e. The first-order chi connectivity index (χ1) is 7.66. The molecule has 0 aliphatic carbocycles. The number of hydrogen-bond acceptors (Lipinski definition) is 4. The highest BCUT2D eigenvalue weighted by Crippen LogP contribution is 2.27. The highest BCUT2D eigenvalue weighted by molar-refractivity contribution is 6.45. The zero-order chi connectivity index (χ0) is 11.5. The predicted molar refractivity (Wildman–Crippen MR) is 66.0 cm³/mol. The predicted octanol–water partition coefficient (Wildman–Crippen LogP) is 0.953. The lowest BCUT2D eigenvalue weighted by atomic mass is 9.80. The van der Waals surface area contributed by atoms with Crippen LogP contribution in [0.3, 0.4) is 0 Å². The molecule has 0 aromatic carbocycles. The van der Waals surface area contributed by atoms with Gasteiger partial charge < -0.3 is 15.6 Å². The fourth-order valence-electron chi connectivity index (χ4n) is 2.26. The van der Waals surface area contributed by atoms with Crippen molar-refractivity contribution in [1.82, 2.24) is 9.79 Å². The molecule has 86 valence electrons. The largest absolute Gasteiger partial charge is 0.437 e. The summed E-state index contributed by atoms with van der Waals surface area (Å²) in [5.74, 6) is 1.13. The molecule has 3 N–H and O–H groups in total. The van der Waals surface area contributed by atoms with Gasteiger partial charge in [0.15, 0.2) is 0 Å². The molecule has 0 bridgehead atoms. The Morgan fingerprint density at radius 3 is 2.62 bits per heavy atom. The zero-order valence-electron chi connectivity index (χ0n) is 9.63. The van der Waals surface area contributed by atoms with Crippen LogP contribution in [0.25, 0.3) is 0 Å². The van der Waals surface area contributed by atoms with E-state index in [1.807, 2.05) is 19.1 Å². The first-order valence-electron chi connectivity index (χ1n) is 5.80. The van der Waals surface area contributed by atoms with E-state index < -0.39 is 0 Å². The van der Waals surface area contributed by atoms with E-state index in [1.165, 1.54) is 5.56 Å². The van der Waals surface area contributed by atoms with Gasteiger partial charge in [-0.2, -0.15) is 0 Å². The van der Waals surface area contributed by atoms with Gasteiger partial charge in [-0.1, -0.05) is 6.07 Å². The minimum atomic E-state index is -0.328. The summed E-state index contributed by atoms with van der Waals surface area (Å²) in [6.07, 6.45) is 4.03. The molecule has 5 heteroatoms. The third kappa shape index (κ3) is 2.54. The van der Waals surface area contributed by atoms with E-state index in [4.69, 9.17) is 5.73 Å². The second-order valence-electron chi connectivity index (χ2n) is 4.46. The molecule has 1 aliphatic heterocycles. The Labute approximate surface area is 96.6 Å². The lowest BCUT2D eigenvalue weighted by Gasteiger charge is -2.32. The fourth-order valence-corrected chi connectivity index (χ4v) is 2.26. The van der Waals surface area contributed by atoms with E-state index in [9.17, 15) is 5.02 Å². The average Bonchev–Trinajstić information content (AvgIpc) is 2.30. The second kappa shape index (κ2) is 4.85. The summed E-state index contributed by atoms with van der Waals surface area (Å²) in [6, 6.07) is 3.92. The van der Waals surface area contributed by atoms with E-state index in [1.54, 1.807) is 0 Å². The molecule has 0 saturated carbocycles. The molecular formula is C11H18BN3O. The summed E-state index contributed by atoms with van der Waals surface area (Å²) in [7, 11) is -0.328. The van der Waals surface area contributed by atoms with E-state index in [2.05, 4.69) is 15.9 Å². The molecule has 0 unspecified atom stereocenters. The van der Waals surface area contributed by atoms with Crippen LogP contribution < -0.4 is 5.73 Å². The quantitative estimate of drug-likeness (QED) is 0.727. The van der Waals surface area contributed by atoms with Crippen LogP contribution in [-0.4, -0.2) is 35.0 Å². The van der Waals surface area contributed by atoms with Crippen molar-refractivity contribution in [2.24, 2.45) is 0 Å². The Bertz CT molecular complexity index is 334. The van der Waals surface area contributed by atoms with Crippen LogP contribution in [-0.2, 0) is 0 Å². The van der Waals surface area contributed by atoms with Crippen molar-refractivity contribution in [2.45, 2.75) is 25.6 Å². The number of rotatable bonds is 2. The number of piperidine rings is 1. The monoisotopic (exact) mass is 219 g/mol. The minimum Gasteiger partial charge on any atom is -0.437 e. The van der Waals surface area contributed by atoms with Crippen molar-refractivity contribution in [1.29, 1.82) is 0 Å². The Morgan fingerprint density at radius 1 is 1.44 bits per heavy atom. The van der Waals surface area contributed by atoms with Crippen molar-refractivity contribution >= 4 is 12.9 Å². The molecule has 1 fully saturated rings. The summed E-state index contributed by atoms with van der Waals surface area (Å²) in [5, 5.41) is 9.47. The highest BCUT2D eigenvalue weighted by atomic mass is 16.2. The van der Waals surface area contributed by atoms with Crippen LogP contribution in [0.5, 0.6) is 0 Å². The summed E-state index contributed by atoms with van der Waals surface area (Å²) in [5.41, 5.74) is 6.83. The van der Waals surface area contributed by atoms with Gasteiger partial charge >= 0.3 is 7.05 Å². The second-order valence-corrected chi connectivity index (χ2v) is 4.46. The summed E-state index contributed by atoms with van der Waals surface area (Å²) >= 11 is 0. The topological polar surface area (TPSA) is 62.4 Å². The van der Waals surface area contributed by atoms with Crippen molar-refractivity contribution in [2.75, 3.05) is 18.8 Å². The molecular weight excluding hydrogens is 201 g/mol. The van der Waals surface area contributed by atoms with Gasteiger partial charge in [-0.25, -0.2) is 4.98 Å². The molecule has 0 atom stereocenters. The Kier molecular flexibility index (Phi) is 3.46. The molecule has 1 aromatic rings. The molecule has 16 heavy (non-hydrogen) atoms. The molecule has 0 amide bonds. The fraction of sp³-hybridized carbons (Fsp3) is 0.545. The average molecular weight is 219 g/mol. The third-order valence-electron chi connectivity index (χ3n) is 3.34. The van der Waals surface area contributed by atoms with Gasteiger partial charge in [0.2, 0.25) is 0 Å². The van der Waals surface area contributed by atoms with Crippen LogP contribution in [0.2, 0.25) is 6.82 Å². The number of anilines is 1. The standard InChI is InChI=1S/C11H18BN3O/c1-12(16)15-6-4-9(5-7-15)10-2-3-11(13)14-8-10/h2-3,8-9,16H,4-7H2,1H3,(H2,13,14). The Hall–Kier alpha value is -1.07. The summed E-state index contributed by atoms with van der Waals surface area (Å²) in [6.45, 7) is 3.73. The van der Waals surface area contributed by atoms with Crippen LogP contribution in [0.4, 0.5) is 5.82 Å². The maximum atomic E-state index is 9.47. The number of nitrogen functional groups attached to an aromatic ring is 1. The molecule has 2 rings (SSSR count). The summed E-state index contributed by atoms with van der Waals surface area (Å²) in [4.78, 5) is 6.22. The van der Waals surface area contributed by atoms with E-state index in [-0.39, 0.29) is 7.05 Å². The van der Waals surface area contributed by atoms with Crippen molar-refractivity contribution in [3.05, 3.63) is 23.9 Å². The lowest BCUT2D eigenvalue weighted by molar-refractivity contribution is 0.289. The van der Waals surface area contributed by atoms with E-state index in [0.717, 1.165) is 25.9 Å². The third-order valence-corrected chi connectivity index (χ3v) is 3.34. The SMILES string of the molecule is CB(O)N1CCC(c2ccc(N)nc2)CC1. The van der Waals surface area contributed by atoms with Crippen LogP contribution >= 0.6 is 0 Å². The lowest BCUT2D eigenvalue weighted by Crippen LogP contribution is -2.42. The number of nitrogens with two attached hydrogens (primary N) is 1. The molecule has 4 nitrogen and oxygen atoms in total. The number of pyridine rings is 1. The maximum Gasteiger partial charge on any atom is 0.376 e. The van der Waals surface area contributed by atoms with Crippen LogP contribution in [0.1, 0.15) is 24.3 Å². The van der Waals surface area contributed by atoms with Gasteiger partial charge in [-0.15, -0.1) is 0 Å². The Balaban J connectivity index is 1.96. The molecule has 0 radical (unpaired) electrons. The van der Waals surface area contributed by atoms with Gasteiger partial charge in [0, 0.05) is 6.20 Å². The zero-order valence-corrected chi connectivity index (χ0v) is 9.63. The Morgan fingerprint density at radius 2 is 2.12 bits per heavy atom. The molecule has 0 spiro atoms. The van der Waals surface area contributed by atoms with Crippen molar-refractivity contribution in [3.8, 4) is 0 Å². The molecule has 1 aliphatic rings. The van der Waals surface area contributed by atoms with Gasteiger partial charge in [-0.3, -0.25) is 0 Å². The van der Waals surface area contributed by atoms with Gasteiger partial charge in [0.05, 0.1) is 0 Å². The summed E-state index contributed by atoms with van der Waals surface area (Å²) < 4.78 is 0. The number of hydrogen-bond donors (Lipinski definition) is 2. The minimum absolute atomic E-state index is 0.328. The first kappa shape index (κ1) is 11.4. The van der Waals surface area contributed by atoms with E-state index in [0.29, 0.717) is 11.7 Å². The first-order valence-corrected chi connectivity index (χ1v) is 5.80. The van der Waals surface area contributed by atoms with Gasteiger partial charge in [0.1, 0.15) is 5.82 Å². The van der Waals surface area contributed by atoms with E-state index >= 15 is 0 Å². The number of nitrogens with zero attached hydrogens (tertiary/aromatic N) is 2. The normalized spacial score (nSPS) is 18.6. The molecule has 2 heterocycles. The van der Waals surface area contributed by atoms with Crippen LogP contribution in [0, 0.1) is 0 Å². The van der Waals surface area contributed by atoms with Crippen molar-refractivity contribution < 1.29 is 5.02 Å².